The highest BCUT2D eigenvalue weighted by atomic mass is 16.4. The average Bonchev–Trinajstić information content (AvgIpc) is 3.39. The molecule has 0 aromatic carbocycles. The molecule has 2 atom stereocenters. The monoisotopic (exact) mass is 358 g/mol. The van der Waals surface area contributed by atoms with Crippen molar-refractivity contribution >= 4 is 5.91 Å². The van der Waals surface area contributed by atoms with E-state index < -0.39 is 0 Å². The van der Waals surface area contributed by atoms with Crippen LogP contribution in [0, 0.1) is 6.92 Å². The predicted molar refractivity (Wildman–Crippen MR) is 94.2 cm³/mol. The van der Waals surface area contributed by atoms with Crippen molar-refractivity contribution < 1.29 is 9.21 Å². The largest absolute Gasteiger partial charge is 0.444 e. The first-order valence-corrected chi connectivity index (χ1v) is 9.45. The van der Waals surface area contributed by atoms with Gasteiger partial charge in [0.25, 0.3) is 0 Å². The van der Waals surface area contributed by atoms with Gasteiger partial charge in [0.2, 0.25) is 5.91 Å². The Morgan fingerprint density at radius 1 is 1.35 bits per heavy atom. The molecule has 0 spiro atoms. The minimum Gasteiger partial charge on any atom is -0.444 e. The summed E-state index contributed by atoms with van der Waals surface area (Å²) < 4.78 is 7.64. The van der Waals surface area contributed by atoms with Crippen LogP contribution < -0.4 is 0 Å². The van der Waals surface area contributed by atoms with Gasteiger partial charge in [-0.05, 0) is 19.8 Å². The van der Waals surface area contributed by atoms with Gasteiger partial charge in [0.15, 0.2) is 5.89 Å². The lowest BCUT2D eigenvalue weighted by Crippen LogP contribution is -2.48. The Labute approximate surface area is 153 Å². The first-order valence-electron chi connectivity index (χ1n) is 9.45. The van der Waals surface area contributed by atoms with E-state index in [0.29, 0.717) is 25.0 Å². The molecule has 2 fully saturated rings. The molecule has 0 aliphatic carbocycles. The Balaban J connectivity index is 1.31. The van der Waals surface area contributed by atoms with Gasteiger partial charge in [-0.15, -0.1) is 0 Å². The minimum absolute atomic E-state index is 0.216. The first-order chi connectivity index (χ1) is 12.6. The van der Waals surface area contributed by atoms with E-state index in [2.05, 4.69) is 26.9 Å². The van der Waals surface area contributed by atoms with E-state index >= 15 is 0 Å². The second kappa shape index (κ2) is 7.19. The Morgan fingerprint density at radius 2 is 2.23 bits per heavy atom. The highest BCUT2D eigenvalue weighted by Crippen LogP contribution is 2.32. The molecular formula is C18H26N6O2. The van der Waals surface area contributed by atoms with Gasteiger partial charge in [0.1, 0.15) is 18.4 Å². The number of aromatic nitrogens is 4. The fourth-order valence-corrected chi connectivity index (χ4v) is 4.09. The van der Waals surface area contributed by atoms with Crippen LogP contribution in [-0.2, 0) is 24.3 Å². The number of hydrogen-bond donors (Lipinski definition) is 0. The van der Waals surface area contributed by atoms with Crippen molar-refractivity contribution in [2.24, 2.45) is 0 Å². The van der Waals surface area contributed by atoms with Crippen LogP contribution >= 0.6 is 0 Å². The Hall–Kier alpha value is -2.22. The second-order valence-corrected chi connectivity index (χ2v) is 7.29. The summed E-state index contributed by atoms with van der Waals surface area (Å²) in [6.07, 6.45) is 6.62. The smallest absolute Gasteiger partial charge is 0.224 e. The molecule has 8 heteroatoms. The Kier molecular flexibility index (Phi) is 4.76. The average molecular weight is 358 g/mol. The van der Waals surface area contributed by atoms with Crippen LogP contribution in [0.15, 0.2) is 17.1 Å². The van der Waals surface area contributed by atoms with Crippen LogP contribution in [-0.4, -0.2) is 60.6 Å². The molecule has 2 aliphatic rings. The van der Waals surface area contributed by atoms with Gasteiger partial charge in [-0.3, -0.25) is 14.4 Å². The zero-order valence-corrected chi connectivity index (χ0v) is 15.5. The lowest BCUT2D eigenvalue weighted by molar-refractivity contribution is -0.133. The van der Waals surface area contributed by atoms with Gasteiger partial charge in [0.05, 0.1) is 18.8 Å². The summed E-state index contributed by atoms with van der Waals surface area (Å²) in [5.41, 5.74) is 0.997. The number of hydrogen-bond acceptors (Lipinski definition) is 6. The molecule has 4 heterocycles. The summed E-state index contributed by atoms with van der Waals surface area (Å²) in [5.74, 6) is 2.04. The van der Waals surface area contributed by atoms with Crippen LogP contribution in [0.1, 0.15) is 43.5 Å². The van der Waals surface area contributed by atoms with E-state index in [4.69, 9.17) is 4.42 Å². The van der Waals surface area contributed by atoms with E-state index in [1.807, 2.05) is 11.8 Å². The summed E-state index contributed by atoms with van der Waals surface area (Å²) in [7, 11) is 0. The second-order valence-electron chi connectivity index (χ2n) is 7.29. The standard InChI is InChI=1S/C18H26N6O2/c1-3-4-17-21-13(2)16(26-17)10-22-8-15-7-14(22)9-24(15)18(25)5-6-23-12-19-11-20-23/h11-12,14-15H,3-10H2,1-2H3/t14-,15-/m0/s1. The maximum absolute atomic E-state index is 12.5. The molecule has 2 saturated heterocycles. The first kappa shape index (κ1) is 17.2. The minimum atomic E-state index is 0.216. The van der Waals surface area contributed by atoms with Gasteiger partial charge in [-0.2, -0.15) is 5.10 Å². The van der Waals surface area contributed by atoms with Crippen molar-refractivity contribution in [1.82, 2.24) is 29.5 Å². The summed E-state index contributed by atoms with van der Waals surface area (Å²) in [4.78, 5) is 25.5. The highest BCUT2D eigenvalue weighted by molar-refractivity contribution is 5.77. The fourth-order valence-electron chi connectivity index (χ4n) is 4.09. The third-order valence-electron chi connectivity index (χ3n) is 5.44. The van der Waals surface area contributed by atoms with Crippen LogP contribution in [0.4, 0.5) is 0 Å². The molecule has 2 aromatic rings. The van der Waals surface area contributed by atoms with Crippen LogP contribution in [0.2, 0.25) is 0 Å². The zero-order chi connectivity index (χ0) is 18.1. The number of oxazole rings is 1. The molecule has 4 rings (SSSR count). The summed E-state index contributed by atoms with van der Waals surface area (Å²) in [6, 6.07) is 0.746. The molecule has 0 radical (unpaired) electrons. The summed E-state index contributed by atoms with van der Waals surface area (Å²) in [5, 5.41) is 4.06. The topological polar surface area (TPSA) is 80.3 Å². The van der Waals surface area contributed by atoms with Crippen molar-refractivity contribution in [1.29, 1.82) is 0 Å². The van der Waals surface area contributed by atoms with Gasteiger partial charge in [0, 0.05) is 38.0 Å². The van der Waals surface area contributed by atoms with Crippen molar-refractivity contribution in [3.05, 3.63) is 30.0 Å². The zero-order valence-electron chi connectivity index (χ0n) is 15.5. The van der Waals surface area contributed by atoms with Gasteiger partial charge >= 0.3 is 0 Å². The van der Waals surface area contributed by atoms with Crippen molar-refractivity contribution in [2.75, 3.05) is 13.1 Å². The van der Waals surface area contributed by atoms with E-state index in [0.717, 1.165) is 56.2 Å². The van der Waals surface area contributed by atoms with Crippen molar-refractivity contribution in [3.63, 3.8) is 0 Å². The van der Waals surface area contributed by atoms with Crippen LogP contribution in [0.5, 0.6) is 0 Å². The molecule has 0 N–H and O–H groups in total. The maximum Gasteiger partial charge on any atom is 0.224 e. The van der Waals surface area contributed by atoms with E-state index in [9.17, 15) is 4.79 Å². The van der Waals surface area contributed by atoms with Gasteiger partial charge in [-0.1, -0.05) is 6.92 Å². The fraction of sp³-hybridized carbons (Fsp3) is 0.667. The maximum atomic E-state index is 12.5. The highest BCUT2D eigenvalue weighted by Gasteiger charge is 2.45. The van der Waals surface area contributed by atoms with Crippen LogP contribution in [0.3, 0.4) is 0 Å². The lowest BCUT2D eigenvalue weighted by atomic mass is 10.2. The third-order valence-corrected chi connectivity index (χ3v) is 5.44. The number of piperazine rings is 1. The Bertz CT molecular complexity index is 756. The molecule has 8 nitrogen and oxygen atoms in total. The molecular weight excluding hydrogens is 332 g/mol. The quantitative estimate of drug-likeness (QED) is 0.744. The molecule has 2 aromatic heterocycles. The predicted octanol–water partition coefficient (Wildman–Crippen LogP) is 1.40. The van der Waals surface area contributed by atoms with Gasteiger partial charge in [-0.25, -0.2) is 9.97 Å². The molecule has 1 amide bonds. The molecule has 140 valence electrons. The molecule has 2 bridgehead atoms. The number of nitrogens with zero attached hydrogens (tertiary/aromatic N) is 6. The molecule has 26 heavy (non-hydrogen) atoms. The van der Waals surface area contributed by atoms with Crippen molar-refractivity contribution in [3.8, 4) is 0 Å². The normalized spacial score (nSPS) is 22.5. The van der Waals surface area contributed by atoms with E-state index in [1.165, 1.54) is 6.33 Å². The number of rotatable bonds is 7. The number of likely N-dealkylation sites (tertiary alicyclic amines) is 2. The number of carbonyl (C=O) groups is 1. The number of fused-ring (bicyclic) bond motifs is 2. The molecule has 0 saturated carbocycles. The van der Waals surface area contributed by atoms with Crippen molar-refractivity contribution in [2.45, 2.75) is 64.7 Å². The SMILES string of the molecule is CCCc1nc(C)c(CN2C[C@@H]3C[C@H]2CN3C(=O)CCn2cncn2)o1. The Morgan fingerprint density at radius 3 is 2.92 bits per heavy atom. The lowest BCUT2D eigenvalue weighted by Gasteiger charge is -2.33. The number of aryl methyl sites for hydroxylation is 3. The van der Waals surface area contributed by atoms with Gasteiger partial charge < -0.3 is 9.32 Å². The van der Waals surface area contributed by atoms with E-state index in [1.54, 1.807) is 11.0 Å². The number of carbonyl (C=O) groups excluding carboxylic acids is 1. The number of amides is 1. The van der Waals surface area contributed by atoms with E-state index in [-0.39, 0.29) is 5.91 Å². The molecule has 0 unspecified atom stereocenters. The summed E-state index contributed by atoms with van der Waals surface area (Å²) in [6.45, 7) is 7.27. The molecule has 2 aliphatic heterocycles. The summed E-state index contributed by atoms with van der Waals surface area (Å²) >= 11 is 0. The third kappa shape index (κ3) is 3.38. The van der Waals surface area contributed by atoms with Crippen LogP contribution in [0.25, 0.3) is 0 Å².